The normalized spacial score (nSPS) is 13.4. The number of nitrogens with zero attached hydrogens (tertiary/aromatic N) is 1. The van der Waals surface area contributed by atoms with Gasteiger partial charge >= 0.3 is 18.2 Å². The summed E-state index contributed by atoms with van der Waals surface area (Å²) >= 11 is 0. The number of nitrogens with one attached hydrogen (secondary N) is 1. The Bertz CT molecular complexity index is 1750. The molecule has 0 spiro atoms. The number of carbonyl (C=O) groups is 3. The van der Waals surface area contributed by atoms with Gasteiger partial charge in [0, 0.05) is 38.7 Å². The highest BCUT2D eigenvalue weighted by Gasteiger charge is 2.44. The van der Waals surface area contributed by atoms with Gasteiger partial charge in [-0.1, -0.05) is 62.4 Å². The Morgan fingerprint density at radius 2 is 1.43 bits per heavy atom. The standard InChI is InChI=1S/C43H55F3N2O10/c1-8-56-39(49)19-13-14-20-57-28-22-37(52-4)33(38(23-28)53-5)25-48(36(24-43(44,45)46)41(54-6)55-7)40(50)35(21-27(2)3)47-42(51)58-26-34-31-17-11-9-15-29(31)30-16-10-12-18-32(30)34/h9-12,15-18,22-23,27,34-36,41H,8,13-14,19-21,24-26H2,1-7H3,(H,47,51)/t35-,36-/m0/s1. The van der Waals surface area contributed by atoms with E-state index in [1.807, 2.05) is 62.4 Å². The van der Waals surface area contributed by atoms with Gasteiger partial charge in [-0.05, 0) is 54.4 Å². The molecule has 1 N–H and O–H groups in total. The molecule has 4 rings (SSSR count). The summed E-state index contributed by atoms with van der Waals surface area (Å²) in [6.45, 7) is 5.43. The van der Waals surface area contributed by atoms with Crippen molar-refractivity contribution in [3.05, 3.63) is 77.4 Å². The maximum atomic E-state index is 14.8. The molecule has 318 valence electrons. The van der Waals surface area contributed by atoms with Gasteiger partial charge in [-0.2, -0.15) is 13.2 Å². The van der Waals surface area contributed by atoms with E-state index in [-0.39, 0.29) is 60.9 Å². The van der Waals surface area contributed by atoms with Gasteiger partial charge in [-0.15, -0.1) is 0 Å². The molecule has 1 aliphatic rings. The molecule has 15 heteroatoms. The van der Waals surface area contributed by atoms with Crippen LogP contribution in [0.5, 0.6) is 17.2 Å². The fourth-order valence-electron chi connectivity index (χ4n) is 7.20. The van der Waals surface area contributed by atoms with Crippen molar-refractivity contribution in [3.8, 4) is 28.4 Å². The molecule has 0 unspecified atom stereocenters. The van der Waals surface area contributed by atoms with Gasteiger partial charge in [-0.3, -0.25) is 9.59 Å². The van der Waals surface area contributed by atoms with Crippen LogP contribution in [0.1, 0.15) is 75.5 Å². The summed E-state index contributed by atoms with van der Waals surface area (Å²) in [7, 11) is 5.10. The Hall–Kier alpha value is -5.02. The molecule has 0 radical (unpaired) electrons. The predicted octanol–water partition coefficient (Wildman–Crippen LogP) is 8.04. The quantitative estimate of drug-likeness (QED) is 0.0604. The van der Waals surface area contributed by atoms with E-state index in [0.717, 1.165) is 27.2 Å². The van der Waals surface area contributed by atoms with E-state index in [2.05, 4.69) is 5.32 Å². The highest BCUT2D eigenvalue weighted by atomic mass is 19.4. The van der Waals surface area contributed by atoms with Crippen molar-refractivity contribution >= 4 is 18.0 Å². The number of benzene rings is 3. The lowest BCUT2D eigenvalue weighted by molar-refractivity contribution is -0.201. The molecule has 0 aliphatic heterocycles. The molecule has 3 aromatic rings. The van der Waals surface area contributed by atoms with Crippen LogP contribution in [0.15, 0.2) is 60.7 Å². The molecule has 1 aliphatic carbocycles. The summed E-state index contributed by atoms with van der Waals surface area (Å²) in [4.78, 5) is 41.0. The first-order valence-corrected chi connectivity index (χ1v) is 19.3. The van der Waals surface area contributed by atoms with Gasteiger partial charge in [0.25, 0.3) is 0 Å². The Morgan fingerprint density at radius 1 is 0.845 bits per heavy atom. The second-order valence-electron chi connectivity index (χ2n) is 14.3. The molecule has 0 heterocycles. The molecule has 0 saturated heterocycles. The van der Waals surface area contributed by atoms with E-state index in [0.29, 0.717) is 25.2 Å². The van der Waals surface area contributed by atoms with Gasteiger partial charge in [0.1, 0.15) is 29.9 Å². The Labute approximate surface area is 338 Å². The van der Waals surface area contributed by atoms with Crippen molar-refractivity contribution in [1.29, 1.82) is 0 Å². The van der Waals surface area contributed by atoms with E-state index in [1.165, 1.54) is 40.6 Å². The summed E-state index contributed by atoms with van der Waals surface area (Å²) in [6, 6.07) is 15.7. The summed E-state index contributed by atoms with van der Waals surface area (Å²) in [5.74, 6) is -0.899. The topological polar surface area (TPSA) is 131 Å². The third kappa shape index (κ3) is 12.2. The predicted molar refractivity (Wildman–Crippen MR) is 210 cm³/mol. The van der Waals surface area contributed by atoms with Gasteiger partial charge in [0.05, 0.1) is 52.0 Å². The van der Waals surface area contributed by atoms with Crippen molar-refractivity contribution < 1.29 is 60.7 Å². The van der Waals surface area contributed by atoms with Crippen LogP contribution < -0.4 is 19.5 Å². The number of methoxy groups -OCH3 is 4. The van der Waals surface area contributed by atoms with Gasteiger partial charge in [-0.25, -0.2) is 4.79 Å². The number of ether oxygens (including phenoxy) is 7. The number of esters is 1. The third-order valence-electron chi connectivity index (χ3n) is 9.80. The first-order valence-electron chi connectivity index (χ1n) is 19.3. The molecule has 58 heavy (non-hydrogen) atoms. The zero-order chi connectivity index (χ0) is 42.4. The Morgan fingerprint density at radius 3 is 1.95 bits per heavy atom. The maximum absolute atomic E-state index is 14.8. The van der Waals surface area contributed by atoms with Gasteiger partial charge in [0.15, 0.2) is 6.29 Å². The highest BCUT2D eigenvalue weighted by molar-refractivity contribution is 5.86. The van der Waals surface area contributed by atoms with Crippen LogP contribution >= 0.6 is 0 Å². The molecule has 12 nitrogen and oxygen atoms in total. The van der Waals surface area contributed by atoms with E-state index < -0.39 is 49.5 Å². The van der Waals surface area contributed by atoms with Crippen LogP contribution in [0.2, 0.25) is 0 Å². The number of alkyl carbamates (subject to hydrolysis) is 1. The minimum atomic E-state index is -4.76. The van der Waals surface area contributed by atoms with Crippen molar-refractivity contribution in [3.63, 3.8) is 0 Å². The lowest BCUT2D eigenvalue weighted by atomic mass is 9.98. The summed E-state index contributed by atoms with van der Waals surface area (Å²) in [6.07, 6.45) is -7.30. The van der Waals surface area contributed by atoms with E-state index in [4.69, 9.17) is 33.2 Å². The van der Waals surface area contributed by atoms with Crippen LogP contribution in [-0.2, 0) is 35.1 Å². The molecule has 0 fully saturated rings. The van der Waals surface area contributed by atoms with Crippen molar-refractivity contribution in [2.24, 2.45) is 5.92 Å². The van der Waals surface area contributed by atoms with Crippen molar-refractivity contribution in [2.45, 2.75) is 89.9 Å². The molecule has 0 bridgehead atoms. The molecule has 0 saturated carbocycles. The SMILES string of the molecule is CCOC(=O)CCCCOc1cc(OC)c(CN(C(=O)[C@H](CC(C)C)NC(=O)OCC2c3ccccc3-c3ccccc32)[C@@H](CC(F)(F)F)C(OC)OC)c(OC)c1. The van der Waals surface area contributed by atoms with E-state index >= 15 is 0 Å². The fraction of sp³-hybridized carbons (Fsp3) is 0.512. The second kappa shape index (κ2) is 21.7. The van der Waals surface area contributed by atoms with Crippen LogP contribution in [0.3, 0.4) is 0 Å². The average Bonchev–Trinajstić information content (AvgIpc) is 3.51. The van der Waals surface area contributed by atoms with Crippen LogP contribution in [0.4, 0.5) is 18.0 Å². The van der Waals surface area contributed by atoms with E-state index in [1.54, 1.807) is 6.92 Å². The first-order chi connectivity index (χ1) is 27.7. The molecular formula is C43H55F3N2O10. The smallest absolute Gasteiger partial charge is 0.407 e. The number of alkyl halides is 3. The number of unbranched alkanes of at least 4 members (excludes halogenated alkanes) is 1. The Balaban J connectivity index is 1.63. The summed E-state index contributed by atoms with van der Waals surface area (Å²) < 4.78 is 81.7. The first kappa shape index (κ1) is 45.7. The van der Waals surface area contributed by atoms with Crippen LogP contribution in [0.25, 0.3) is 11.1 Å². The monoisotopic (exact) mass is 816 g/mol. The number of hydrogen-bond acceptors (Lipinski definition) is 10. The van der Waals surface area contributed by atoms with Crippen molar-refractivity contribution in [2.75, 3.05) is 48.3 Å². The second-order valence-corrected chi connectivity index (χ2v) is 14.3. The van der Waals surface area contributed by atoms with E-state index in [9.17, 15) is 27.6 Å². The van der Waals surface area contributed by atoms with Crippen molar-refractivity contribution in [1.82, 2.24) is 10.2 Å². The molecule has 2 amide bonds. The third-order valence-corrected chi connectivity index (χ3v) is 9.80. The molecular weight excluding hydrogens is 761 g/mol. The summed E-state index contributed by atoms with van der Waals surface area (Å²) in [5, 5.41) is 2.67. The average molecular weight is 817 g/mol. The van der Waals surface area contributed by atoms with Gasteiger partial charge < -0.3 is 43.4 Å². The van der Waals surface area contributed by atoms with Crippen LogP contribution in [-0.4, -0.2) is 95.7 Å². The zero-order valence-corrected chi connectivity index (χ0v) is 34.2. The minimum absolute atomic E-state index is 0.0352. The molecule has 0 aromatic heterocycles. The molecule has 3 aromatic carbocycles. The summed E-state index contributed by atoms with van der Waals surface area (Å²) in [5.41, 5.74) is 4.29. The maximum Gasteiger partial charge on any atom is 0.407 e. The number of halogens is 3. The molecule has 2 atom stereocenters. The van der Waals surface area contributed by atoms with Crippen LogP contribution in [0, 0.1) is 5.92 Å². The van der Waals surface area contributed by atoms with Gasteiger partial charge in [0.2, 0.25) is 5.91 Å². The zero-order valence-electron chi connectivity index (χ0n) is 34.2. The largest absolute Gasteiger partial charge is 0.496 e. The number of hydrogen-bond donors (Lipinski definition) is 1. The fourth-order valence-corrected chi connectivity index (χ4v) is 7.20. The number of fused-ring (bicyclic) bond motifs is 3. The lowest BCUT2D eigenvalue weighted by Crippen LogP contribution is -2.56. The lowest BCUT2D eigenvalue weighted by Gasteiger charge is -2.38. The highest BCUT2D eigenvalue weighted by Crippen LogP contribution is 2.44. The number of carbonyl (C=O) groups excluding carboxylic acids is 3. The Kier molecular flexibility index (Phi) is 17.1. The number of rotatable bonds is 22. The minimum Gasteiger partial charge on any atom is -0.496 e. The number of amides is 2.